The van der Waals surface area contributed by atoms with Gasteiger partial charge in [-0.05, 0) is 62.6 Å². The minimum atomic E-state index is -0.188. The first-order valence-electron chi connectivity index (χ1n) is 12.1. The molecule has 0 spiro atoms. The number of ether oxygens (including phenoxy) is 2. The van der Waals surface area contributed by atoms with E-state index < -0.39 is 0 Å². The molecule has 36 heavy (non-hydrogen) atoms. The van der Waals surface area contributed by atoms with Crippen molar-refractivity contribution in [2.45, 2.75) is 51.7 Å². The molecule has 1 aliphatic heterocycles. The van der Waals surface area contributed by atoms with Crippen molar-refractivity contribution >= 4 is 0 Å². The zero-order valence-electron chi connectivity index (χ0n) is 20.1. The minimum Gasteiger partial charge on any atom is -0.390 e. The Bertz CT molecular complexity index is 1330. The van der Waals surface area contributed by atoms with Crippen LogP contribution in [0, 0.1) is 11.8 Å². The number of nitrogens with zero attached hydrogens (tertiary/aromatic N) is 4. The van der Waals surface area contributed by atoms with E-state index in [-0.39, 0.29) is 19.0 Å². The van der Waals surface area contributed by atoms with Crippen LogP contribution in [0.3, 0.4) is 0 Å². The highest BCUT2D eigenvalue weighted by Gasteiger charge is 2.21. The van der Waals surface area contributed by atoms with Crippen molar-refractivity contribution in [3.05, 3.63) is 89.4 Å². The summed E-state index contributed by atoms with van der Waals surface area (Å²) in [5.41, 5.74) is 4.01. The van der Waals surface area contributed by atoms with Gasteiger partial charge in [-0.3, -0.25) is 4.98 Å². The third kappa shape index (κ3) is 5.89. The maximum Gasteiger partial charge on any atom is 0.167 e. The zero-order chi connectivity index (χ0) is 24.7. The molecule has 1 aliphatic rings. The molecular formula is C28H28N4O4. The van der Waals surface area contributed by atoms with E-state index in [9.17, 15) is 0 Å². The molecule has 1 fully saturated rings. The second kappa shape index (κ2) is 11.3. The van der Waals surface area contributed by atoms with E-state index in [1.54, 1.807) is 18.5 Å². The SMILES string of the molecule is C[C@H](OC1CCCCO1)c1nccn1Cc1cc(-c2ccc(C#Cc3ccc(CO)nc3)cc2)on1. The van der Waals surface area contributed by atoms with E-state index in [0.717, 1.165) is 54.1 Å². The molecule has 1 saturated heterocycles. The summed E-state index contributed by atoms with van der Waals surface area (Å²) in [6.45, 7) is 3.20. The van der Waals surface area contributed by atoms with Crippen LogP contribution in [0.5, 0.6) is 0 Å². The van der Waals surface area contributed by atoms with Crippen molar-refractivity contribution in [3.8, 4) is 23.2 Å². The number of aliphatic hydroxyl groups excluding tert-OH is 1. The summed E-state index contributed by atoms with van der Waals surface area (Å²) in [5, 5.41) is 13.3. The zero-order valence-corrected chi connectivity index (χ0v) is 20.1. The van der Waals surface area contributed by atoms with Crippen molar-refractivity contribution in [1.29, 1.82) is 0 Å². The first-order valence-corrected chi connectivity index (χ1v) is 12.1. The average Bonchev–Trinajstić information content (AvgIpc) is 3.59. The maximum absolute atomic E-state index is 9.09. The monoisotopic (exact) mass is 484 g/mol. The van der Waals surface area contributed by atoms with E-state index >= 15 is 0 Å². The number of aromatic nitrogens is 4. The van der Waals surface area contributed by atoms with Crippen LogP contribution in [0.25, 0.3) is 11.3 Å². The lowest BCUT2D eigenvalue weighted by Crippen LogP contribution is -2.24. The molecule has 1 unspecified atom stereocenters. The van der Waals surface area contributed by atoms with Crippen LogP contribution in [0.1, 0.15) is 60.6 Å². The summed E-state index contributed by atoms with van der Waals surface area (Å²) >= 11 is 0. The molecule has 0 radical (unpaired) electrons. The summed E-state index contributed by atoms with van der Waals surface area (Å²) in [4.78, 5) is 8.64. The molecule has 5 rings (SSSR count). The van der Waals surface area contributed by atoms with Gasteiger partial charge in [0.25, 0.3) is 0 Å². The van der Waals surface area contributed by atoms with Crippen molar-refractivity contribution in [1.82, 2.24) is 19.7 Å². The Balaban J connectivity index is 1.22. The van der Waals surface area contributed by atoms with Gasteiger partial charge in [-0.15, -0.1) is 0 Å². The number of hydrogen-bond acceptors (Lipinski definition) is 7. The Morgan fingerprint density at radius 1 is 1.08 bits per heavy atom. The predicted molar refractivity (Wildman–Crippen MR) is 132 cm³/mol. The predicted octanol–water partition coefficient (Wildman–Crippen LogP) is 4.48. The first kappa shape index (κ1) is 23.9. The number of hydrogen-bond donors (Lipinski definition) is 1. The number of benzene rings is 1. The normalized spacial score (nSPS) is 16.3. The van der Waals surface area contributed by atoms with E-state index in [1.165, 1.54) is 0 Å². The fraction of sp³-hybridized carbons (Fsp3) is 0.321. The summed E-state index contributed by atoms with van der Waals surface area (Å²) in [6, 6.07) is 13.4. The molecule has 0 bridgehead atoms. The van der Waals surface area contributed by atoms with Crippen LogP contribution in [0.2, 0.25) is 0 Å². The highest BCUT2D eigenvalue weighted by Crippen LogP contribution is 2.25. The van der Waals surface area contributed by atoms with Gasteiger partial charge in [-0.1, -0.05) is 17.0 Å². The van der Waals surface area contributed by atoms with Gasteiger partial charge >= 0.3 is 0 Å². The molecule has 4 aromatic rings. The molecule has 8 heteroatoms. The van der Waals surface area contributed by atoms with Gasteiger partial charge in [-0.25, -0.2) is 4.98 Å². The van der Waals surface area contributed by atoms with Gasteiger partial charge in [0.05, 0.1) is 18.8 Å². The van der Waals surface area contributed by atoms with Gasteiger partial charge < -0.3 is 23.7 Å². The standard InChI is InChI=1S/C28H28N4O4/c1-20(35-27-4-2-3-15-34-27)28-29-13-14-32(28)18-25-16-26(36-31-25)23-10-7-21(8-11-23)5-6-22-9-12-24(19-33)30-17-22/h7-14,16-17,20,27,33H,2-4,15,18-19H2,1H3/t20-,27?/m0/s1. The molecule has 8 nitrogen and oxygen atoms in total. The molecule has 3 aromatic heterocycles. The largest absolute Gasteiger partial charge is 0.390 e. The lowest BCUT2D eigenvalue weighted by molar-refractivity contribution is -0.188. The quantitative estimate of drug-likeness (QED) is 0.387. The first-order chi connectivity index (χ1) is 17.7. The maximum atomic E-state index is 9.09. The molecule has 1 N–H and O–H groups in total. The van der Waals surface area contributed by atoms with Crippen molar-refractivity contribution in [2.75, 3.05) is 6.61 Å². The highest BCUT2D eigenvalue weighted by atomic mass is 16.7. The fourth-order valence-corrected chi connectivity index (χ4v) is 4.07. The molecule has 0 amide bonds. The summed E-state index contributed by atoms with van der Waals surface area (Å²) in [6.07, 6.45) is 8.12. The molecule has 0 aliphatic carbocycles. The minimum absolute atomic E-state index is 0.0780. The van der Waals surface area contributed by atoms with Gasteiger partial charge in [-0.2, -0.15) is 0 Å². The Kier molecular flexibility index (Phi) is 7.52. The number of rotatable bonds is 7. The Hall–Kier alpha value is -3.77. The summed E-state index contributed by atoms with van der Waals surface area (Å²) in [5.74, 6) is 7.73. The smallest absolute Gasteiger partial charge is 0.167 e. The van der Waals surface area contributed by atoms with Crippen LogP contribution in [-0.4, -0.2) is 37.7 Å². The molecule has 4 heterocycles. The number of aliphatic hydroxyl groups is 1. The lowest BCUT2D eigenvalue weighted by atomic mass is 10.1. The highest BCUT2D eigenvalue weighted by molar-refractivity contribution is 5.59. The van der Waals surface area contributed by atoms with Crippen LogP contribution < -0.4 is 0 Å². The summed E-state index contributed by atoms with van der Waals surface area (Å²) < 4.78 is 19.4. The molecule has 184 valence electrons. The van der Waals surface area contributed by atoms with E-state index in [0.29, 0.717) is 18.0 Å². The van der Waals surface area contributed by atoms with Crippen LogP contribution in [0.15, 0.2) is 65.6 Å². The van der Waals surface area contributed by atoms with E-state index in [1.807, 2.05) is 54.1 Å². The Labute approximate surface area is 209 Å². The molecule has 1 aromatic carbocycles. The van der Waals surface area contributed by atoms with Gasteiger partial charge in [0.2, 0.25) is 0 Å². The van der Waals surface area contributed by atoms with Crippen molar-refractivity contribution < 1.29 is 19.1 Å². The fourth-order valence-electron chi connectivity index (χ4n) is 4.07. The third-order valence-corrected chi connectivity index (χ3v) is 6.00. The molecule has 2 atom stereocenters. The van der Waals surface area contributed by atoms with E-state index in [2.05, 4.69) is 27.0 Å². The van der Waals surface area contributed by atoms with Crippen LogP contribution in [-0.2, 0) is 22.6 Å². The molecule has 0 saturated carbocycles. The summed E-state index contributed by atoms with van der Waals surface area (Å²) in [7, 11) is 0. The van der Waals surface area contributed by atoms with Gasteiger partial charge in [0, 0.05) is 48.0 Å². The van der Waals surface area contributed by atoms with Crippen LogP contribution in [0.4, 0.5) is 0 Å². The van der Waals surface area contributed by atoms with Crippen LogP contribution >= 0.6 is 0 Å². The lowest BCUT2D eigenvalue weighted by Gasteiger charge is -2.26. The second-order valence-electron chi connectivity index (χ2n) is 8.69. The second-order valence-corrected chi connectivity index (χ2v) is 8.69. The van der Waals surface area contributed by atoms with Gasteiger partial charge in [0.15, 0.2) is 12.1 Å². The van der Waals surface area contributed by atoms with Crippen molar-refractivity contribution in [3.63, 3.8) is 0 Å². The number of imidazole rings is 1. The topological polar surface area (TPSA) is 95.4 Å². The Morgan fingerprint density at radius 2 is 1.92 bits per heavy atom. The average molecular weight is 485 g/mol. The molecular weight excluding hydrogens is 456 g/mol. The van der Waals surface area contributed by atoms with Gasteiger partial charge in [0.1, 0.15) is 17.6 Å². The van der Waals surface area contributed by atoms with Crippen molar-refractivity contribution in [2.24, 2.45) is 0 Å². The Morgan fingerprint density at radius 3 is 2.67 bits per heavy atom. The van der Waals surface area contributed by atoms with E-state index in [4.69, 9.17) is 19.1 Å². The third-order valence-electron chi connectivity index (χ3n) is 6.00. The number of pyridine rings is 1.